The van der Waals surface area contributed by atoms with Crippen molar-refractivity contribution in [2.75, 3.05) is 0 Å². The molecule has 0 aliphatic heterocycles. The van der Waals surface area contributed by atoms with Crippen LogP contribution in [-0.4, -0.2) is 26.0 Å². The normalized spacial score (nSPS) is 10.7. The number of aliphatic hydroxyl groups excluding tert-OH is 1. The molecule has 0 fully saturated rings. The van der Waals surface area contributed by atoms with Crippen LogP contribution < -0.4 is 5.32 Å². The summed E-state index contributed by atoms with van der Waals surface area (Å²) in [6.45, 7) is 4.07. The number of rotatable bonds is 5. The van der Waals surface area contributed by atoms with E-state index in [1.165, 1.54) is 10.4 Å². The first-order valence-electron chi connectivity index (χ1n) is 8.05. The molecule has 1 heterocycles. The van der Waals surface area contributed by atoms with E-state index in [-0.39, 0.29) is 23.9 Å². The SMILES string of the molecule is Cc1ccc(-n2nc(CO)c(C(=O)NCc3ccccc3)n2)cc1C. The molecule has 0 aliphatic rings. The van der Waals surface area contributed by atoms with Gasteiger partial charge in [0.1, 0.15) is 5.69 Å². The molecule has 0 unspecified atom stereocenters. The van der Waals surface area contributed by atoms with Crippen LogP contribution in [0.15, 0.2) is 48.5 Å². The highest BCUT2D eigenvalue weighted by atomic mass is 16.3. The molecular weight excluding hydrogens is 316 g/mol. The molecule has 2 N–H and O–H groups in total. The molecule has 0 radical (unpaired) electrons. The molecule has 6 heteroatoms. The van der Waals surface area contributed by atoms with Crippen LogP contribution in [0.4, 0.5) is 0 Å². The van der Waals surface area contributed by atoms with Gasteiger partial charge in [0.05, 0.1) is 12.3 Å². The van der Waals surface area contributed by atoms with Crippen LogP contribution in [0, 0.1) is 13.8 Å². The Morgan fingerprint density at radius 2 is 1.84 bits per heavy atom. The summed E-state index contributed by atoms with van der Waals surface area (Å²) in [5.74, 6) is -0.358. The fraction of sp³-hybridized carbons (Fsp3) is 0.211. The Morgan fingerprint density at radius 3 is 2.52 bits per heavy atom. The van der Waals surface area contributed by atoms with Crippen LogP contribution in [0.1, 0.15) is 32.9 Å². The lowest BCUT2D eigenvalue weighted by molar-refractivity contribution is 0.0942. The number of hydrogen-bond donors (Lipinski definition) is 2. The summed E-state index contributed by atoms with van der Waals surface area (Å²) in [5.41, 5.74) is 4.40. The van der Waals surface area contributed by atoms with E-state index in [1.54, 1.807) is 0 Å². The highest BCUT2D eigenvalue weighted by molar-refractivity contribution is 5.93. The Kier molecular flexibility index (Phi) is 4.90. The second-order valence-electron chi connectivity index (χ2n) is 5.88. The maximum absolute atomic E-state index is 12.4. The summed E-state index contributed by atoms with van der Waals surface area (Å²) >= 11 is 0. The van der Waals surface area contributed by atoms with Crippen LogP contribution >= 0.6 is 0 Å². The fourth-order valence-electron chi connectivity index (χ4n) is 2.45. The Hall–Kier alpha value is -2.99. The number of hydrogen-bond acceptors (Lipinski definition) is 4. The van der Waals surface area contributed by atoms with E-state index in [0.717, 1.165) is 16.8 Å². The third-order valence-electron chi connectivity index (χ3n) is 4.07. The molecule has 1 amide bonds. The minimum absolute atomic E-state index is 0.136. The molecule has 3 aromatic rings. The van der Waals surface area contributed by atoms with Crippen molar-refractivity contribution < 1.29 is 9.90 Å². The summed E-state index contributed by atoms with van der Waals surface area (Å²) in [5, 5.41) is 20.8. The molecule has 0 saturated carbocycles. The minimum atomic E-state index is -0.358. The summed E-state index contributed by atoms with van der Waals surface area (Å²) in [6, 6.07) is 15.4. The third kappa shape index (κ3) is 3.75. The van der Waals surface area contributed by atoms with Gasteiger partial charge >= 0.3 is 0 Å². The Morgan fingerprint density at radius 1 is 1.08 bits per heavy atom. The lowest BCUT2D eigenvalue weighted by Gasteiger charge is -2.04. The lowest BCUT2D eigenvalue weighted by Crippen LogP contribution is -2.24. The van der Waals surface area contributed by atoms with Crippen molar-refractivity contribution >= 4 is 5.91 Å². The number of aromatic nitrogens is 3. The van der Waals surface area contributed by atoms with Gasteiger partial charge in [-0.25, -0.2) is 0 Å². The van der Waals surface area contributed by atoms with E-state index in [9.17, 15) is 9.90 Å². The van der Waals surface area contributed by atoms with Crippen molar-refractivity contribution in [3.63, 3.8) is 0 Å². The van der Waals surface area contributed by atoms with Gasteiger partial charge in [0.15, 0.2) is 5.69 Å². The van der Waals surface area contributed by atoms with Crippen molar-refractivity contribution in [3.8, 4) is 5.69 Å². The van der Waals surface area contributed by atoms with Crippen LogP contribution in [0.5, 0.6) is 0 Å². The lowest BCUT2D eigenvalue weighted by atomic mass is 10.1. The van der Waals surface area contributed by atoms with E-state index in [4.69, 9.17) is 0 Å². The molecule has 6 nitrogen and oxygen atoms in total. The van der Waals surface area contributed by atoms with Crippen molar-refractivity contribution in [1.29, 1.82) is 0 Å². The standard InChI is InChI=1S/C19H20N4O2/c1-13-8-9-16(10-14(13)2)23-21-17(12-24)18(22-23)19(25)20-11-15-6-4-3-5-7-15/h3-10,24H,11-12H2,1-2H3,(H,20,25). The van der Waals surface area contributed by atoms with Crippen molar-refractivity contribution in [3.05, 3.63) is 76.6 Å². The van der Waals surface area contributed by atoms with Crippen LogP contribution in [0.2, 0.25) is 0 Å². The monoisotopic (exact) mass is 336 g/mol. The van der Waals surface area contributed by atoms with E-state index < -0.39 is 0 Å². The number of amides is 1. The van der Waals surface area contributed by atoms with Crippen molar-refractivity contribution in [1.82, 2.24) is 20.3 Å². The molecule has 1 aromatic heterocycles. The van der Waals surface area contributed by atoms with Crippen LogP contribution in [0.3, 0.4) is 0 Å². The number of carbonyl (C=O) groups is 1. The quantitative estimate of drug-likeness (QED) is 0.749. The predicted octanol–water partition coefficient (Wildman–Crippen LogP) is 2.31. The Balaban J connectivity index is 1.82. The molecule has 0 saturated heterocycles. The largest absolute Gasteiger partial charge is 0.390 e. The number of carbonyl (C=O) groups excluding carboxylic acids is 1. The first kappa shape index (κ1) is 16.9. The topological polar surface area (TPSA) is 80.0 Å². The second kappa shape index (κ2) is 7.27. The summed E-state index contributed by atoms with van der Waals surface area (Å²) in [6.07, 6.45) is 0. The van der Waals surface area contributed by atoms with Crippen LogP contribution in [-0.2, 0) is 13.2 Å². The molecule has 2 aromatic carbocycles. The highest BCUT2D eigenvalue weighted by Gasteiger charge is 2.18. The van der Waals surface area contributed by atoms with Gasteiger partial charge < -0.3 is 10.4 Å². The van der Waals surface area contributed by atoms with Crippen molar-refractivity contribution in [2.45, 2.75) is 27.0 Å². The van der Waals surface area contributed by atoms with E-state index in [2.05, 4.69) is 15.5 Å². The second-order valence-corrected chi connectivity index (χ2v) is 5.88. The van der Waals surface area contributed by atoms with E-state index >= 15 is 0 Å². The zero-order valence-electron chi connectivity index (χ0n) is 14.2. The third-order valence-corrected chi connectivity index (χ3v) is 4.07. The minimum Gasteiger partial charge on any atom is -0.390 e. The molecule has 25 heavy (non-hydrogen) atoms. The first-order chi connectivity index (χ1) is 12.1. The molecule has 0 bridgehead atoms. The van der Waals surface area contributed by atoms with Gasteiger partial charge in [-0.3, -0.25) is 4.79 Å². The molecular formula is C19H20N4O2. The summed E-state index contributed by atoms with van der Waals surface area (Å²) in [7, 11) is 0. The van der Waals surface area contributed by atoms with E-state index in [0.29, 0.717) is 6.54 Å². The molecule has 128 valence electrons. The van der Waals surface area contributed by atoms with Gasteiger partial charge in [-0.05, 0) is 42.7 Å². The maximum atomic E-state index is 12.4. The highest BCUT2D eigenvalue weighted by Crippen LogP contribution is 2.14. The predicted molar refractivity (Wildman–Crippen MR) is 94.4 cm³/mol. The zero-order valence-corrected chi connectivity index (χ0v) is 14.2. The number of nitrogens with zero attached hydrogens (tertiary/aromatic N) is 3. The molecule has 0 aliphatic carbocycles. The maximum Gasteiger partial charge on any atom is 0.274 e. The summed E-state index contributed by atoms with van der Waals surface area (Å²) in [4.78, 5) is 13.8. The van der Waals surface area contributed by atoms with Gasteiger partial charge in [0, 0.05) is 6.54 Å². The first-order valence-corrected chi connectivity index (χ1v) is 8.05. The molecule has 3 rings (SSSR count). The van der Waals surface area contributed by atoms with E-state index in [1.807, 2.05) is 62.4 Å². The Bertz CT molecular complexity index is 888. The number of aryl methyl sites for hydroxylation is 2. The summed E-state index contributed by atoms with van der Waals surface area (Å²) < 4.78 is 0. The number of benzene rings is 2. The molecule has 0 atom stereocenters. The number of aliphatic hydroxyl groups is 1. The van der Waals surface area contributed by atoms with Gasteiger partial charge in [0.2, 0.25) is 0 Å². The number of nitrogens with one attached hydrogen (secondary N) is 1. The fourth-order valence-corrected chi connectivity index (χ4v) is 2.45. The van der Waals surface area contributed by atoms with Gasteiger partial charge in [-0.1, -0.05) is 36.4 Å². The molecule has 0 spiro atoms. The van der Waals surface area contributed by atoms with Gasteiger partial charge in [-0.2, -0.15) is 4.80 Å². The van der Waals surface area contributed by atoms with Gasteiger partial charge in [0.25, 0.3) is 5.91 Å². The van der Waals surface area contributed by atoms with Gasteiger partial charge in [-0.15, -0.1) is 10.2 Å². The zero-order chi connectivity index (χ0) is 17.8. The Labute approximate surface area is 146 Å². The average molecular weight is 336 g/mol. The van der Waals surface area contributed by atoms with Crippen molar-refractivity contribution in [2.24, 2.45) is 0 Å². The smallest absolute Gasteiger partial charge is 0.274 e. The van der Waals surface area contributed by atoms with Crippen LogP contribution in [0.25, 0.3) is 5.69 Å². The average Bonchev–Trinajstić information content (AvgIpc) is 3.07.